The van der Waals surface area contributed by atoms with Gasteiger partial charge in [-0.05, 0) is 12.5 Å². The van der Waals surface area contributed by atoms with Gasteiger partial charge in [0.1, 0.15) is 5.82 Å². The van der Waals surface area contributed by atoms with Crippen molar-refractivity contribution in [1.29, 1.82) is 0 Å². The van der Waals surface area contributed by atoms with Crippen LogP contribution >= 0.6 is 0 Å². The van der Waals surface area contributed by atoms with Gasteiger partial charge in [-0.1, -0.05) is 6.92 Å². The monoisotopic (exact) mass is 219 g/mol. The van der Waals surface area contributed by atoms with Gasteiger partial charge in [-0.2, -0.15) is 0 Å². The first-order chi connectivity index (χ1) is 6.97. The largest absolute Gasteiger partial charge is 0.391 e. The molecular formula is C10H12F3NO. The van der Waals surface area contributed by atoms with Crippen LogP contribution in [0.1, 0.15) is 24.9 Å². The summed E-state index contributed by atoms with van der Waals surface area (Å²) >= 11 is 0. The molecule has 2 nitrogen and oxygen atoms in total. The number of halogens is 3. The van der Waals surface area contributed by atoms with Crippen LogP contribution in [0, 0.1) is 17.5 Å². The van der Waals surface area contributed by atoms with Crippen LogP contribution in [0.25, 0.3) is 0 Å². The lowest BCUT2D eigenvalue weighted by Crippen LogP contribution is -2.26. The molecule has 0 saturated carbocycles. The van der Waals surface area contributed by atoms with Gasteiger partial charge < -0.3 is 10.8 Å². The van der Waals surface area contributed by atoms with Gasteiger partial charge >= 0.3 is 0 Å². The lowest BCUT2D eigenvalue weighted by Gasteiger charge is -2.18. The topological polar surface area (TPSA) is 46.2 Å². The maximum absolute atomic E-state index is 13.2. The van der Waals surface area contributed by atoms with Crippen LogP contribution in [0.2, 0.25) is 0 Å². The summed E-state index contributed by atoms with van der Waals surface area (Å²) in [5.41, 5.74) is 5.12. The third-order valence-electron chi connectivity index (χ3n) is 2.21. The minimum Gasteiger partial charge on any atom is -0.391 e. The zero-order valence-corrected chi connectivity index (χ0v) is 8.17. The van der Waals surface area contributed by atoms with E-state index >= 15 is 0 Å². The highest BCUT2D eigenvalue weighted by molar-refractivity contribution is 5.24. The second kappa shape index (κ2) is 4.63. The highest BCUT2D eigenvalue weighted by Crippen LogP contribution is 2.22. The van der Waals surface area contributed by atoms with Crippen LogP contribution < -0.4 is 5.73 Å². The van der Waals surface area contributed by atoms with E-state index in [0.29, 0.717) is 6.07 Å². The Morgan fingerprint density at radius 2 is 1.93 bits per heavy atom. The van der Waals surface area contributed by atoms with Gasteiger partial charge in [0.25, 0.3) is 0 Å². The fourth-order valence-corrected chi connectivity index (χ4v) is 1.28. The lowest BCUT2D eigenvalue weighted by molar-refractivity contribution is 0.138. The molecule has 0 fully saturated rings. The van der Waals surface area contributed by atoms with Crippen molar-refractivity contribution < 1.29 is 18.3 Å². The molecule has 0 aromatic heterocycles. The smallest absolute Gasteiger partial charge is 0.163 e. The molecule has 0 bridgehead atoms. The van der Waals surface area contributed by atoms with Gasteiger partial charge in [0.15, 0.2) is 11.6 Å². The maximum atomic E-state index is 13.2. The Kier molecular flexibility index (Phi) is 3.71. The lowest BCUT2D eigenvalue weighted by atomic mass is 10.00. The summed E-state index contributed by atoms with van der Waals surface area (Å²) in [6.07, 6.45) is -0.751. The normalized spacial score (nSPS) is 15.1. The zero-order valence-electron chi connectivity index (χ0n) is 8.17. The standard InChI is InChI=1S/C10H12F3NO/c1-2-8(15)10(14)6-3-5(11)4-7(12)9(6)13/h3-4,8,10,15H,2,14H2,1H3/t8-,10+/m0/s1. The van der Waals surface area contributed by atoms with Gasteiger partial charge in [-0.25, -0.2) is 13.2 Å². The molecule has 15 heavy (non-hydrogen) atoms. The Labute approximate surface area is 85.5 Å². The summed E-state index contributed by atoms with van der Waals surface area (Å²) in [6, 6.07) is 0.103. The van der Waals surface area contributed by atoms with E-state index in [9.17, 15) is 18.3 Å². The molecule has 1 rings (SSSR count). The van der Waals surface area contributed by atoms with E-state index in [2.05, 4.69) is 0 Å². The van der Waals surface area contributed by atoms with Crippen LogP contribution in [-0.4, -0.2) is 11.2 Å². The van der Waals surface area contributed by atoms with Crippen molar-refractivity contribution in [3.8, 4) is 0 Å². The number of nitrogens with two attached hydrogens (primary N) is 1. The molecule has 0 aliphatic heterocycles. The maximum Gasteiger partial charge on any atom is 0.163 e. The summed E-state index contributed by atoms with van der Waals surface area (Å²) in [7, 11) is 0. The van der Waals surface area contributed by atoms with E-state index in [-0.39, 0.29) is 12.0 Å². The Bertz CT molecular complexity index is 357. The number of hydrogen-bond acceptors (Lipinski definition) is 2. The van der Waals surface area contributed by atoms with E-state index < -0.39 is 29.6 Å². The fraction of sp³-hybridized carbons (Fsp3) is 0.400. The molecule has 0 spiro atoms. The highest BCUT2D eigenvalue weighted by atomic mass is 19.2. The molecule has 0 amide bonds. The summed E-state index contributed by atoms with van der Waals surface area (Å²) in [5, 5.41) is 9.35. The van der Waals surface area contributed by atoms with Crippen molar-refractivity contribution in [2.24, 2.45) is 5.73 Å². The first-order valence-electron chi connectivity index (χ1n) is 4.55. The third kappa shape index (κ3) is 2.49. The molecule has 0 radical (unpaired) electrons. The SMILES string of the molecule is CC[C@H](O)[C@H](N)c1cc(F)cc(F)c1F. The molecule has 1 aromatic carbocycles. The molecule has 3 N–H and O–H groups in total. The average molecular weight is 219 g/mol. The predicted molar refractivity (Wildman–Crippen MR) is 49.5 cm³/mol. The molecule has 0 saturated heterocycles. The van der Waals surface area contributed by atoms with Crippen molar-refractivity contribution in [2.45, 2.75) is 25.5 Å². The number of aliphatic hydroxyl groups is 1. The molecule has 0 aliphatic carbocycles. The predicted octanol–water partition coefficient (Wildman–Crippen LogP) is 1.87. The van der Waals surface area contributed by atoms with E-state index in [1.807, 2.05) is 0 Å². The molecule has 84 valence electrons. The molecule has 0 unspecified atom stereocenters. The minimum atomic E-state index is -1.30. The summed E-state index contributed by atoms with van der Waals surface area (Å²) in [4.78, 5) is 0. The quantitative estimate of drug-likeness (QED) is 0.762. The van der Waals surface area contributed by atoms with Crippen LogP contribution in [0.15, 0.2) is 12.1 Å². The van der Waals surface area contributed by atoms with Gasteiger partial charge in [-0.3, -0.25) is 0 Å². The van der Waals surface area contributed by atoms with Crippen molar-refractivity contribution in [3.05, 3.63) is 35.1 Å². The second-order valence-electron chi connectivity index (χ2n) is 3.29. The molecule has 2 atom stereocenters. The number of rotatable bonds is 3. The van der Waals surface area contributed by atoms with Gasteiger partial charge in [0, 0.05) is 11.6 Å². The van der Waals surface area contributed by atoms with Crippen molar-refractivity contribution >= 4 is 0 Å². The number of hydrogen-bond donors (Lipinski definition) is 2. The number of aliphatic hydroxyl groups excluding tert-OH is 1. The van der Waals surface area contributed by atoms with Gasteiger partial charge in [0.05, 0.1) is 12.1 Å². The summed E-state index contributed by atoms with van der Waals surface area (Å²) < 4.78 is 38.8. The van der Waals surface area contributed by atoms with E-state index in [0.717, 1.165) is 6.07 Å². The van der Waals surface area contributed by atoms with Crippen LogP contribution in [0.3, 0.4) is 0 Å². The number of benzene rings is 1. The fourth-order valence-electron chi connectivity index (χ4n) is 1.28. The summed E-state index contributed by atoms with van der Waals surface area (Å²) in [5.74, 6) is -3.43. The van der Waals surface area contributed by atoms with Gasteiger partial charge in [-0.15, -0.1) is 0 Å². The van der Waals surface area contributed by atoms with Crippen molar-refractivity contribution in [2.75, 3.05) is 0 Å². The minimum absolute atomic E-state index is 0.277. The van der Waals surface area contributed by atoms with Crippen molar-refractivity contribution in [1.82, 2.24) is 0 Å². The van der Waals surface area contributed by atoms with Crippen LogP contribution in [-0.2, 0) is 0 Å². The molecule has 5 heteroatoms. The van der Waals surface area contributed by atoms with Crippen LogP contribution in [0.4, 0.5) is 13.2 Å². The van der Waals surface area contributed by atoms with Crippen LogP contribution in [0.5, 0.6) is 0 Å². The Morgan fingerprint density at radius 3 is 2.47 bits per heavy atom. The van der Waals surface area contributed by atoms with E-state index in [1.165, 1.54) is 0 Å². The zero-order chi connectivity index (χ0) is 11.6. The Balaban J connectivity index is 3.13. The molecular weight excluding hydrogens is 207 g/mol. The Morgan fingerprint density at radius 1 is 1.33 bits per heavy atom. The molecule has 0 heterocycles. The third-order valence-corrected chi connectivity index (χ3v) is 2.21. The van der Waals surface area contributed by atoms with Crippen molar-refractivity contribution in [3.63, 3.8) is 0 Å². The first-order valence-corrected chi connectivity index (χ1v) is 4.55. The first kappa shape index (κ1) is 12.0. The molecule has 0 aliphatic rings. The Hall–Kier alpha value is -1.07. The molecule has 1 aromatic rings. The second-order valence-corrected chi connectivity index (χ2v) is 3.29. The summed E-state index contributed by atoms with van der Waals surface area (Å²) in [6.45, 7) is 1.64. The van der Waals surface area contributed by atoms with E-state index in [4.69, 9.17) is 5.73 Å². The average Bonchev–Trinajstić information content (AvgIpc) is 2.21. The van der Waals surface area contributed by atoms with E-state index in [1.54, 1.807) is 6.92 Å². The van der Waals surface area contributed by atoms with Gasteiger partial charge in [0.2, 0.25) is 0 Å². The highest BCUT2D eigenvalue weighted by Gasteiger charge is 2.21.